The molecule has 0 aliphatic carbocycles. The van der Waals surface area contributed by atoms with E-state index in [4.69, 9.17) is 30.1 Å². The van der Waals surface area contributed by atoms with Crippen molar-refractivity contribution >= 4 is 63.5 Å². The summed E-state index contributed by atoms with van der Waals surface area (Å²) in [5, 5.41) is 50.5. The van der Waals surface area contributed by atoms with Crippen LogP contribution >= 0.6 is 0 Å². The molecule has 11 heavy (non-hydrogen) atoms. The zero-order valence-electron chi connectivity index (χ0n) is 5.89. The summed E-state index contributed by atoms with van der Waals surface area (Å²) in [6.07, 6.45) is 0. The second kappa shape index (κ2) is 23.3. The van der Waals surface area contributed by atoms with E-state index in [-0.39, 0.29) is 109 Å². The third-order valence-electron chi connectivity index (χ3n) is 0. The van der Waals surface area contributed by atoms with Gasteiger partial charge >= 0.3 is 109 Å². The van der Waals surface area contributed by atoms with Crippen LogP contribution in [0, 0.1) is 41.3 Å². The minimum Gasteiger partial charge on any atom is -0.907 e. The average molecular weight is 403 g/mol. The van der Waals surface area contributed by atoms with Crippen molar-refractivity contribution in [3.8, 4) is 0 Å². The molecular formula is B2BaLiO6Pr. The van der Waals surface area contributed by atoms with Gasteiger partial charge in [-0.2, -0.15) is 0 Å². The zero-order valence-corrected chi connectivity index (χ0v) is 14.0. The first-order valence-electron chi connectivity index (χ1n) is 1.41. The molecule has 0 fully saturated rings. The van der Waals surface area contributed by atoms with Crippen LogP contribution in [0.5, 0.6) is 0 Å². The van der Waals surface area contributed by atoms with Crippen LogP contribution in [0.4, 0.5) is 0 Å². The molecule has 0 spiro atoms. The number of hydrogen-bond acceptors (Lipinski definition) is 6. The minimum atomic E-state index is -2.92. The molecule has 0 amide bonds. The van der Waals surface area contributed by atoms with Crippen molar-refractivity contribution in [3.63, 3.8) is 0 Å². The van der Waals surface area contributed by atoms with Gasteiger partial charge in [0.2, 0.25) is 0 Å². The second-order valence-electron chi connectivity index (χ2n) is 0.577. The topological polar surface area (TPSA) is 138 Å². The van der Waals surface area contributed by atoms with Crippen LogP contribution < -0.4 is 49.0 Å². The predicted octanol–water partition coefficient (Wildman–Crippen LogP) is -11.3. The molecule has 0 aromatic heterocycles. The first-order valence-corrected chi connectivity index (χ1v) is 1.41. The maximum absolute atomic E-state index is 8.42. The van der Waals surface area contributed by atoms with Crippen LogP contribution in [0.3, 0.4) is 0 Å². The van der Waals surface area contributed by atoms with E-state index in [0.717, 1.165) is 0 Å². The van der Waals surface area contributed by atoms with Gasteiger partial charge in [-0.05, 0) is 0 Å². The van der Waals surface area contributed by atoms with E-state index >= 15 is 0 Å². The Hall–Kier alpha value is 3.42. The molecule has 0 aliphatic rings. The van der Waals surface area contributed by atoms with E-state index in [1.165, 1.54) is 0 Å². The molecule has 6 nitrogen and oxygen atoms in total. The maximum Gasteiger partial charge on any atom is 3.00 e. The summed E-state index contributed by atoms with van der Waals surface area (Å²) >= 11 is 0. The van der Waals surface area contributed by atoms with Gasteiger partial charge in [-0.1, -0.05) is 0 Å². The summed E-state index contributed by atoms with van der Waals surface area (Å²) in [7, 11) is -5.83. The van der Waals surface area contributed by atoms with Gasteiger partial charge in [0.25, 0.3) is 0 Å². The van der Waals surface area contributed by atoms with Crippen LogP contribution in [-0.4, -0.2) is 63.5 Å². The van der Waals surface area contributed by atoms with Crippen LogP contribution in [0.1, 0.15) is 0 Å². The van der Waals surface area contributed by atoms with E-state index in [9.17, 15) is 0 Å². The average Bonchev–Trinajstić information content (AvgIpc) is 1.25. The third kappa shape index (κ3) is 150. The Labute approximate surface area is 150 Å². The van der Waals surface area contributed by atoms with Gasteiger partial charge in [0, 0.05) is 0 Å². The Bertz CT molecular complexity index is 36.1. The molecule has 0 bridgehead atoms. The van der Waals surface area contributed by atoms with Crippen LogP contribution in [-0.2, 0) is 0 Å². The molecule has 0 radical (unpaired) electrons. The van der Waals surface area contributed by atoms with Crippen molar-refractivity contribution in [2.75, 3.05) is 0 Å². The second-order valence-corrected chi connectivity index (χ2v) is 0.577. The standard InChI is InChI=1S/2BO3.Ba.Li.Pr/c2*2-1(3)4;;;/q2*-3;+2;+1;+3. The van der Waals surface area contributed by atoms with E-state index in [1.54, 1.807) is 0 Å². The van der Waals surface area contributed by atoms with Gasteiger partial charge in [-0.25, -0.2) is 0 Å². The van der Waals surface area contributed by atoms with Crippen LogP contribution in [0.15, 0.2) is 0 Å². The number of rotatable bonds is 0. The first-order chi connectivity index (χ1) is 3.46. The fourth-order valence-corrected chi connectivity index (χ4v) is 0. The molecule has 0 saturated heterocycles. The quantitative estimate of drug-likeness (QED) is 0.369. The fourth-order valence-electron chi connectivity index (χ4n) is 0. The van der Waals surface area contributed by atoms with E-state index < -0.39 is 14.6 Å². The monoisotopic (exact) mass is 404 g/mol. The van der Waals surface area contributed by atoms with E-state index in [2.05, 4.69) is 0 Å². The van der Waals surface area contributed by atoms with Crippen molar-refractivity contribution in [3.05, 3.63) is 0 Å². The van der Waals surface area contributed by atoms with Gasteiger partial charge in [-0.3, -0.25) is 14.6 Å². The molecule has 11 heteroatoms. The molecule has 0 heterocycles. The summed E-state index contributed by atoms with van der Waals surface area (Å²) < 4.78 is 0. The predicted molar refractivity (Wildman–Crippen MR) is 17.3 cm³/mol. The van der Waals surface area contributed by atoms with Crippen molar-refractivity contribution in [1.29, 1.82) is 0 Å². The summed E-state index contributed by atoms with van der Waals surface area (Å²) in [5.41, 5.74) is 0. The molecule has 0 aromatic carbocycles. The Morgan fingerprint density at radius 1 is 0.636 bits per heavy atom. The van der Waals surface area contributed by atoms with Crippen molar-refractivity contribution in [1.82, 2.24) is 0 Å². The summed E-state index contributed by atoms with van der Waals surface area (Å²) in [5.74, 6) is 0. The Kier molecular flexibility index (Phi) is 62.1. The smallest absolute Gasteiger partial charge is 0.907 e. The minimum absolute atomic E-state index is 0. The molecule has 0 rings (SSSR count). The van der Waals surface area contributed by atoms with Gasteiger partial charge < -0.3 is 30.1 Å². The normalized spacial score (nSPS) is 4.91. The van der Waals surface area contributed by atoms with Gasteiger partial charge in [-0.15, -0.1) is 0 Å². The Balaban J connectivity index is -0.0000000171. The largest absolute Gasteiger partial charge is 3.00 e. The van der Waals surface area contributed by atoms with Gasteiger partial charge in [0.05, 0.1) is 0 Å². The molecule has 48 valence electrons. The van der Waals surface area contributed by atoms with E-state index in [0.29, 0.717) is 0 Å². The van der Waals surface area contributed by atoms with Gasteiger partial charge in [0.15, 0.2) is 0 Å². The fraction of sp³-hybridized carbons (Fsp3) is 0. The molecule has 0 atom stereocenters. The van der Waals surface area contributed by atoms with Crippen molar-refractivity contribution in [2.45, 2.75) is 0 Å². The third-order valence-corrected chi connectivity index (χ3v) is 0. The summed E-state index contributed by atoms with van der Waals surface area (Å²) in [6, 6.07) is 0. The maximum atomic E-state index is 8.42. The van der Waals surface area contributed by atoms with E-state index in [1.807, 2.05) is 0 Å². The Morgan fingerprint density at radius 2 is 0.636 bits per heavy atom. The van der Waals surface area contributed by atoms with Crippen LogP contribution in [0.2, 0.25) is 0 Å². The summed E-state index contributed by atoms with van der Waals surface area (Å²) in [6.45, 7) is 0. The number of hydrogen-bond donors (Lipinski definition) is 0. The SMILES string of the molecule is [Ba+2].[Li+].[O-]B([O-])[O-].[O-]B([O-])[O-].[Pr+3]. The molecule has 0 unspecified atom stereocenters. The zero-order chi connectivity index (χ0) is 7.15. The van der Waals surface area contributed by atoms with Crippen molar-refractivity contribution in [2.24, 2.45) is 0 Å². The van der Waals surface area contributed by atoms with Crippen LogP contribution in [0.25, 0.3) is 0 Å². The van der Waals surface area contributed by atoms with Crippen molar-refractivity contribution < 1.29 is 90.3 Å². The molecular weight excluding hydrogens is 403 g/mol. The summed E-state index contributed by atoms with van der Waals surface area (Å²) in [4.78, 5) is 0. The first kappa shape index (κ1) is 29.3. The molecule has 0 saturated carbocycles. The molecule has 0 aliphatic heterocycles. The Morgan fingerprint density at radius 3 is 0.636 bits per heavy atom. The molecule has 0 N–H and O–H groups in total. The van der Waals surface area contributed by atoms with Gasteiger partial charge in [0.1, 0.15) is 0 Å². The molecule has 0 aromatic rings.